The number of amides is 4. The van der Waals surface area contributed by atoms with Crippen molar-refractivity contribution in [1.29, 1.82) is 0 Å². The molecule has 1 aliphatic carbocycles. The summed E-state index contributed by atoms with van der Waals surface area (Å²) in [6.45, 7) is 0.281. The lowest BCUT2D eigenvalue weighted by molar-refractivity contribution is -0.136. The van der Waals surface area contributed by atoms with Crippen molar-refractivity contribution < 1.29 is 28.7 Å². The summed E-state index contributed by atoms with van der Waals surface area (Å²) in [6.07, 6.45) is 2.39. The van der Waals surface area contributed by atoms with E-state index in [1.54, 1.807) is 18.2 Å². The maximum atomic E-state index is 12.7. The van der Waals surface area contributed by atoms with Gasteiger partial charge in [0, 0.05) is 18.5 Å². The van der Waals surface area contributed by atoms with E-state index in [1.165, 1.54) is 4.90 Å². The molecule has 9 nitrogen and oxygen atoms in total. The van der Waals surface area contributed by atoms with Crippen molar-refractivity contribution in [2.75, 3.05) is 0 Å². The Morgan fingerprint density at radius 3 is 2.59 bits per heavy atom. The number of carbonyl (C=O) groups excluding carboxylic acids is 4. The molecule has 29 heavy (non-hydrogen) atoms. The van der Waals surface area contributed by atoms with E-state index < -0.39 is 24.1 Å². The number of primary amides is 1. The Balaban J connectivity index is 1.48. The molecule has 1 aromatic carbocycles. The highest BCUT2D eigenvalue weighted by atomic mass is 16.6. The Bertz CT molecular complexity index is 870. The molecule has 1 saturated carbocycles. The van der Waals surface area contributed by atoms with Crippen LogP contribution in [-0.2, 0) is 20.9 Å². The molecule has 154 valence electrons. The molecule has 2 fully saturated rings. The lowest BCUT2D eigenvalue weighted by Gasteiger charge is -2.31. The number of hydrogen-bond donors (Lipinski definition) is 2. The van der Waals surface area contributed by atoms with Crippen molar-refractivity contribution in [3.63, 3.8) is 0 Å². The second-order valence-electron chi connectivity index (χ2n) is 7.64. The summed E-state index contributed by atoms with van der Waals surface area (Å²) in [5.74, 6) is -0.404. The van der Waals surface area contributed by atoms with Crippen LogP contribution in [0, 0.1) is 0 Å². The van der Waals surface area contributed by atoms with Gasteiger partial charge < -0.3 is 20.1 Å². The van der Waals surface area contributed by atoms with Gasteiger partial charge in [0.15, 0.2) is 0 Å². The third-order valence-electron chi connectivity index (χ3n) is 5.69. The summed E-state index contributed by atoms with van der Waals surface area (Å²) >= 11 is 0. The van der Waals surface area contributed by atoms with E-state index in [-0.39, 0.29) is 30.9 Å². The Labute approximate surface area is 167 Å². The number of carbonyl (C=O) groups is 4. The smallest absolute Gasteiger partial charge is 0.404 e. The Morgan fingerprint density at radius 1 is 1.10 bits per heavy atom. The molecule has 4 rings (SSSR count). The molecule has 0 spiro atoms. The van der Waals surface area contributed by atoms with Gasteiger partial charge >= 0.3 is 6.09 Å². The lowest BCUT2D eigenvalue weighted by Crippen LogP contribution is -2.52. The number of imide groups is 1. The number of nitrogens with two attached hydrogens (primary N) is 1. The van der Waals surface area contributed by atoms with E-state index in [2.05, 4.69) is 5.32 Å². The van der Waals surface area contributed by atoms with Crippen LogP contribution in [0.15, 0.2) is 18.2 Å². The topological polar surface area (TPSA) is 128 Å². The van der Waals surface area contributed by atoms with E-state index in [0.717, 1.165) is 24.8 Å². The average Bonchev–Trinajstić information content (AvgIpc) is 2.99. The minimum Gasteiger partial charge on any atom is -0.487 e. The zero-order valence-electron chi connectivity index (χ0n) is 15.9. The zero-order valence-corrected chi connectivity index (χ0v) is 15.9. The van der Waals surface area contributed by atoms with Gasteiger partial charge in [0.25, 0.3) is 5.91 Å². The highest BCUT2D eigenvalue weighted by molar-refractivity contribution is 6.05. The molecular formula is C20H23N3O6. The van der Waals surface area contributed by atoms with Gasteiger partial charge in [-0.15, -0.1) is 0 Å². The Kier molecular flexibility index (Phi) is 5.12. The first-order chi connectivity index (χ1) is 13.9. The maximum Gasteiger partial charge on any atom is 0.404 e. The van der Waals surface area contributed by atoms with Crippen molar-refractivity contribution in [3.8, 4) is 5.75 Å². The van der Waals surface area contributed by atoms with Crippen molar-refractivity contribution in [1.82, 2.24) is 10.2 Å². The molecule has 0 bridgehead atoms. The molecule has 0 aromatic heterocycles. The second-order valence-corrected chi connectivity index (χ2v) is 7.64. The normalized spacial score (nSPS) is 26.7. The van der Waals surface area contributed by atoms with Crippen LogP contribution in [0.2, 0.25) is 0 Å². The zero-order chi connectivity index (χ0) is 20.5. The van der Waals surface area contributed by atoms with Crippen molar-refractivity contribution >= 4 is 23.8 Å². The van der Waals surface area contributed by atoms with Gasteiger partial charge in [-0.1, -0.05) is 0 Å². The average molecular weight is 401 g/mol. The largest absolute Gasteiger partial charge is 0.487 e. The van der Waals surface area contributed by atoms with Crippen LogP contribution in [-0.4, -0.2) is 47.0 Å². The maximum absolute atomic E-state index is 12.7. The third kappa shape index (κ3) is 3.90. The number of rotatable bonds is 4. The fourth-order valence-corrected chi connectivity index (χ4v) is 4.28. The first-order valence-electron chi connectivity index (χ1n) is 9.82. The van der Waals surface area contributed by atoms with Gasteiger partial charge in [0.05, 0.1) is 0 Å². The number of nitrogens with zero attached hydrogens (tertiary/aromatic N) is 1. The highest BCUT2D eigenvalue weighted by Gasteiger charge is 2.39. The second kappa shape index (κ2) is 7.73. The summed E-state index contributed by atoms with van der Waals surface area (Å²) in [4.78, 5) is 48.9. The molecule has 0 radical (unpaired) electrons. The van der Waals surface area contributed by atoms with E-state index in [4.69, 9.17) is 15.2 Å². The number of hydrogen-bond acceptors (Lipinski definition) is 6. The Hall–Kier alpha value is -3.10. The van der Waals surface area contributed by atoms with Crippen LogP contribution in [0.5, 0.6) is 5.75 Å². The number of benzene rings is 1. The van der Waals surface area contributed by atoms with Crippen LogP contribution in [0.4, 0.5) is 4.79 Å². The fraction of sp³-hybridized carbons (Fsp3) is 0.500. The lowest BCUT2D eigenvalue weighted by atomic mass is 9.94. The molecule has 3 aliphatic rings. The molecule has 3 atom stereocenters. The van der Waals surface area contributed by atoms with Gasteiger partial charge in [-0.2, -0.15) is 0 Å². The monoisotopic (exact) mass is 401 g/mol. The first-order valence-corrected chi connectivity index (χ1v) is 9.82. The van der Waals surface area contributed by atoms with Gasteiger partial charge in [-0.25, -0.2) is 4.79 Å². The number of piperidine rings is 1. The van der Waals surface area contributed by atoms with Crippen molar-refractivity contribution in [3.05, 3.63) is 29.3 Å². The molecular weight excluding hydrogens is 378 g/mol. The fourth-order valence-electron chi connectivity index (χ4n) is 4.28. The summed E-state index contributed by atoms with van der Waals surface area (Å²) < 4.78 is 11.2. The molecule has 1 saturated heterocycles. The minimum absolute atomic E-state index is 0.216. The number of ether oxygens (including phenoxy) is 2. The molecule has 2 heterocycles. The van der Waals surface area contributed by atoms with Crippen LogP contribution >= 0.6 is 0 Å². The molecule has 2 aliphatic heterocycles. The standard InChI is InChI=1S/C20H23N3O6/c21-20(27)29-16-4-2-1-3-15(16)28-12-5-6-13-11(9-12)10-23(19(13)26)14-7-8-17(24)22-18(14)25/h5-6,9,14-16H,1-4,7-8,10H2,(H2,21,27)(H,22,24,25)/t14?,15-,16+/m1/s1. The third-order valence-corrected chi connectivity index (χ3v) is 5.69. The summed E-state index contributed by atoms with van der Waals surface area (Å²) in [5, 5.41) is 2.29. The molecule has 1 unspecified atom stereocenters. The summed E-state index contributed by atoms with van der Waals surface area (Å²) in [7, 11) is 0. The summed E-state index contributed by atoms with van der Waals surface area (Å²) in [5.41, 5.74) is 6.45. The summed E-state index contributed by atoms with van der Waals surface area (Å²) in [6, 6.07) is 4.53. The van der Waals surface area contributed by atoms with Crippen LogP contribution < -0.4 is 15.8 Å². The van der Waals surface area contributed by atoms with E-state index in [0.29, 0.717) is 24.2 Å². The van der Waals surface area contributed by atoms with Gasteiger partial charge in [0.1, 0.15) is 24.0 Å². The highest BCUT2D eigenvalue weighted by Crippen LogP contribution is 2.32. The first kappa shape index (κ1) is 19.2. The van der Waals surface area contributed by atoms with Crippen LogP contribution in [0.25, 0.3) is 0 Å². The van der Waals surface area contributed by atoms with Crippen LogP contribution in [0.3, 0.4) is 0 Å². The SMILES string of the molecule is NC(=O)O[C@H]1CCCC[C@H]1Oc1ccc2c(c1)CN(C1CCC(=O)NC1=O)C2=O. The number of nitrogens with one attached hydrogen (secondary N) is 1. The minimum atomic E-state index is -0.815. The number of fused-ring (bicyclic) bond motifs is 1. The van der Waals surface area contributed by atoms with Crippen molar-refractivity contribution in [2.45, 2.75) is 63.3 Å². The van der Waals surface area contributed by atoms with Gasteiger partial charge in [-0.3, -0.25) is 19.7 Å². The molecule has 1 aromatic rings. The Morgan fingerprint density at radius 2 is 1.86 bits per heavy atom. The quantitative estimate of drug-likeness (QED) is 0.731. The van der Waals surface area contributed by atoms with E-state index >= 15 is 0 Å². The van der Waals surface area contributed by atoms with Gasteiger partial charge in [-0.05, 0) is 55.9 Å². The molecule has 4 amide bonds. The predicted octanol–water partition coefficient (Wildman–Crippen LogP) is 1.23. The molecule has 3 N–H and O–H groups in total. The van der Waals surface area contributed by atoms with Crippen molar-refractivity contribution in [2.24, 2.45) is 5.73 Å². The van der Waals surface area contributed by atoms with E-state index in [9.17, 15) is 19.2 Å². The van der Waals surface area contributed by atoms with Crippen LogP contribution in [0.1, 0.15) is 54.4 Å². The molecule has 9 heteroatoms. The van der Waals surface area contributed by atoms with Gasteiger partial charge in [0.2, 0.25) is 11.8 Å². The predicted molar refractivity (Wildman–Crippen MR) is 99.8 cm³/mol. The van der Waals surface area contributed by atoms with E-state index in [1.807, 2.05) is 0 Å².